The minimum absolute atomic E-state index is 0.156. The lowest BCUT2D eigenvalue weighted by atomic mass is 9.88. The molecule has 0 saturated heterocycles. The van der Waals surface area contributed by atoms with Gasteiger partial charge >= 0.3 is 29.8 Å². The van der Waals surface area contributed by atoms with Crippen molar-refractivity contribution in [3.8, 4) is 0 Å². The Kier molecular flexibility index (Phi) is 35.7. The van der Waals surface area contributed by atoms with Crippen LogP contribution >= 0.6 is 0 Å². The van der Waals surface area contributed by atoms with Gasteiger partial charge in [-0.25, -0.2) is 24.0 Å². The van der Waals surface area contributed by atoms with Gasteiger partial charge in [0.1, 0.15) is 0 Å². The van der Waals surface area contributed by atoms with Crippen molar-refractivity contribution in [2.75, 3.05) is 19.8 Å². The van der Waals surface area contributed by atoms with E-state index in [1.807, 2.05) is 6.92 Å². The minimum atomic E-state index is -0.981. The summed E-state index contributed by atoms with van der Waals surface area (Å²) in [5.74, 6) is -4.04. The third kappa shape index (κ3) is 35.9. The zero-order valence-corrected chi connectivity index (χ0v) is 25.0. The number of carboxylic acid groups (broad SMARTS) is 3. The van der Waals surface area contributed by atoms with Gasteiger partial charge in [0.05, 0.1) is 19.8 Å². The molecule has 0 aliphatic rings. The molecule has 13 heteroatoms. The van der Waals surface area contributed by atoms with Gasteiger partial charge in [-0.05, 0) is 26.7 Å². The maximum Gasteiger partial charge on any atom is 0.336 e. The van der Waals surface area contributed by atoms with Crippen LogP contribution < -0.4 is 0 Å². The fourth-order valence-corrected chi connectivity index (χ4v) is 1.63. The average Bonchev–Trinajstić information content (AvgIpc) is 2.95. The first-order valence-electron chi connectivity index (χ1n) is 12.6. The fraction of sp³-hybridized carbons (Fsp3) is 0.483. The molecular weight excluding hydrogens is 556 g/mol. The lowest BCUT2D eigenvalue weighted by Gasteiger charge is -2.24. The number of esters is 2. The van der Waals surface area contributed by atoms with E-state index in [4.69, 9.17) is 40.1 Å². The van der Waals surface area contributed by atoms with E-state index in [0.29, 0.717) is 12.8 Å². The average molecular weight is 605 g/mol. The summed E-state index contributed by atoms with van der Waals surface area (Å²) in [7, 11) is 0. The van der Waals surface area contributed by atoms with Crippen molar-refractivity contribution in [1.29, 1.82) is 0 Å². The Morgan fingerprint density at radius 2 is 0.976 bits per heavy atom. The van der Waals surface area contributed by atoms with Crippen LogP contribution in [0.3, 0.4) is 0 Å². The van der Waals surface area contributed by atoms with E-state index in [0.717, 1.165) is 37.5 Å². The van der Waals surface area contributed by atoms with Crippen molar-refractivity contribution in [3.63, 3.8) is 0 Å². The van der Waals surface area contributed by atoms with Gasteiger partial charge in [-0.15, -0.1) is 0 Å². The van der Waals surface area contributed by atoms with Crippen LogP contribution in [0.4, 0.5) is 0 Å². The second-order valence-corrected chi connectivity index (χ2v) is 8.25. The van der Waals surface area contributed by atoms with Gasteiger partial charge in [0.25, 0.3) is 0 Å². The van der Waals surface area contributed by atoms with Crippen LogP contribution in [0.5, 0.6) is 0 Å². The number of aliphatic carboxylic acids is 3. The first kappa shape index (κ1) is 47.7. The molecule has 242 valence electrons. The molecular formula is C29H48O13. The molecule has 0 aromatic heterocycles. The fourth-order valence-electron chi connectivity index (χ4n) is 1.63. The first-order chi connectivity index (χ1) is 19.4. The van der Waals surface area contributed by atoms with Crippen LogP contribution in [0.25, 0.3) is 0 Å². The molecule has 6 N–H and O–H groups in total. The molecule has 42 heavy (non-hydrogen) atoms. The number of rotatable bonds is 15. The van der Waals surface area contributed by atoms with E-state index in [-0.39, 0.29) is 31.0 Å². The summed E-state index contributed by atoms with van der Waals surface area (Å²) in [6.45, 7) is 22.4. The second-order valence-electron chi connectivity index (χ2n) is 8.25. The van der Waals surface area contributed by atoms with Gasteiger partial charge in [-0.2, -0.15) is 0 Å². The Bertz CT molecular complexity index is 767. The van der Waals surface area contributed by atoms with Crippen LogP contribution in [0, 0.1) is 5.41 Å². The van der Waals surface area contributed by atoms with Crippen molar-refractivity contribution < 1.29 is 64.1 Å². The number of unbranched alkanes of at least 4 members (excludes halogenated alkanes) is 2. The molecule has 0 unspecified atom stereocenters. The van der Waals surface area contributed by atoms with Gasteiger partial charge in [-0.1, -0.05) is 59.6 Å². The highest BCUT2D eigenvalue weighted by atomic mass is 16.7. The number of carboxylic acids is 3. The third-order valence-corrected chi connectivity index (χ3v) is 4.50. The van der Waals surface area contributed by atoms with Crippen molar-refractivity contribution in [3.05, 3.63) is 62.3 Å². The Morgan fingerprint density at radius 3 is 1.12 bits per heavy atom. The SMILES string of the molecule is C=C(C)C(=O)OC(CCCCC)OC(=O)C(=C)C.C=CC(=O)O.C=CC(=O)O.C=CC(=O)O.CCC(CO)(CO)CO. The molecule has 0 aliphatic carbocycles. The highest BCUT2D eigenvalue weighted by Gasteiger charge is 2.25. The Morgan fingerprint density at radius 1 is 0.690 bits per heavy atom. The lowest BCUT2D eigenvalue weighted by molar-refractivity contribution is -0.183. The van der Waals surface area contributed by atoms with E-state index < -0.39 is 41.6 Å². The summed E-state index contributed by atoms with van der Waals surface area (Å²) in [4.78, 5) is 50.6. The number of carbonyl (C=O) groups excluding carboxylic acids is 2. The standard InChI is InChI=1S/C14H22O4.C6H14O3.3C3H4O2/c1-6-7-8-9-12(17-13(15)10(2)3)18-14(16)11(4)5;1-2-6(3-7,4-8)5-9;3*1-2-3(4)5/h12H,2,4,6-9H2,1,3,5H3;7-9H,2-5H2,1H3;3*2H,1H2,(H,4,5). The van der Waals surface area contributed by atoms with Gasteiger partial charge in [0, 0.05) is 41.2 Å². The number of carbonyl (C=O) groups is 5. The summed E-state index contributed by atoms with van der Waals surface area (Å²) in [5, 5.41) is 48.8. The summed E-state index contributed by atoms with van der Waals surface area (Å²) >= 11 is 0. The van der Waals surface area contributed by atoms with E-state index in [1.54, 1.807) is 13.8 Å². The number of ether oxygens (including phenoxy) is 2. The Labute approximate surface area is 247 Å². The number of hydrogen-bond acceptors (Lipinski definition) is 10. The molecule has 0 aromatic carbocycles. The maximum atomic E-state index is 11.4. The zero-order valence-electron chi connectivity index (χ0n) is 25.0. The number of aliphatic hydroxyl groups excluding tert-OH is 3. The topological polar surface area (TPSA) is 225 Å². The molecule has 0 aromatic rings. The predicted molar refractivity (Wildman–Crippen MR) is 157 cm³/mol. The molecule has 0 atom stereocenters. The van der Waals surface area contributed by atoms with E-state index in [2.05, 4.69) is 39.8 Å². The van der Waals surface area contributed by atoms with Crippen LogP contribution in [0.2, 0.25) is 0 Å². The highest BCUT2D eigenvalue weighted by Crippen LogP contribution is 2.18. The van der Waals surface area contributed by atoms with Crippen molar-refractivity contribution in [2.24, 2.45) is 5.41 Å². The summed E-state index contributed by atoms with van der Waals surface area (Å²) in [6.07, 6.45) is 5.59. The van der Waals surface area contributed by atoms with Gasteiger partial charge in [0.2, 0.25) is 6.29 Å². The van der Waals surface area contributed by atoms with E-state index >= 15 is 0 Å². The number of hydrogen-bond donors (Lipinski definition) is 6. The monoisotopic (exact) mass is 604 g/mol. The molecule has 0 rings (SSSR count). The highest BCUT2D eigenvalue weighted by molar-refractivity contribution is 5.88. The molecule has 0 bridgehead atoms. The summed E-state index contributed by atoms with van der Waals surface area (Å²) in [6, 6.07) is 0. The zero-order chi connectivity index (χ0) is 34.3. The molecule has 0 heterocycles. The molecule has 0 aliphatic heterocycles. The molecule has 0 amide bonds. The quantitative estimate of drug-likeness (QED) is 0.0684. The van der Waals surface area contributed by atoms with Crippen LogP contribution in [0.1, 0.15) is 59.8 Å². The van der Waals surface area contributed by atoms with Crippen LogP contribution in [0.15, 0.2) is 62.3 Å². The second kappa shape index (κ2) is 31.5. The smallest absolute Gasteiger partial charge is 0.336 e. The largest absolute Gasteiger partial charge is 0.478 e. The van der Waals surface area contributed by atoms with Gasteiger partial charge in [0.15, 0.2) is 0 Å². The van der Waals surface area contributed by atoms with E-state index in [1.165, 1.54) is 0 Å². The van der Waals surface area contributed by atoms with Crippen molar-refractivity contribution >= 4 is 29.8 Å². The maximum absolute atomic E-state index is 11.4. The molecule has 0 saturated carbocycles. The van der Waals surface area contributed by atoms with Gasteiger partial charge < -0.3 is 40.1 Å². The first-order valence-corrected chi connectivity index (χ1v) is 12.6. The molecule has 0 fully saturated rings. The van der Waals surface area contributed by atoms with Gasteiger partial charge in [-0.3, -0.25) is 0 Å². The lowest BCUT2D eigenvalue weighted by Crippen LogP contribution is -2.32. The third-order valence-electron chi connectivity index (χ3n) is 4.50. The Hall–Kier alpha value is -4.07. The van der Waals surface area contributed by atoms with Crippen LogP contribution in [-0.2, 0) is 33.4 Å². The summed E-state index contributed by atoms with van der Waals surface area (Å²) < 4.78 is 10.1. The minimum Gasteiger partial charge on any atom is -0.478 e. The number of aliphatic hydroxyl groups is 3. The van der Waals surface area contributed by atoms with Crippen molar-refractivity contribution in [1.82, 2.24) is 0 Å². The molecule has 13 nitrogen and oxygen atoms in total. The predicted octanol–water partition coefficient (Wildman–Crippen LogP) is 3.26. The Balaban J connectivity index is -0.000000157. The van der Waals surface area contributed by atoms with Crippen molar-refractivity contribution in [2.45, 2.75) is 66.1 Å². The van der Waals surface area contributed by atoms with Crippen LogP contribution in [-0.4, -0.2) is 86.6 Å². The molecule has 0 radical (unpaired) electrons. The summed E-state index contributed by atoms with van der Waals surface area (Å²) in [5.41, 5.74) is -0.108. The molecule has 0 spiro atoms. The van der Waals surface area contributed by atoms with E-state index in [9.17, 15) is 24.0 Å². The normalized spacial score (nSPS) is 9.14.